The van der Waals surface area contributed by atoms with Crippen molar-refractivity contribution in [1.82, 2.24) is 0 Å². The fourth-order valence-electron chi connectivity index (χ4n) is 1.98. The molecule has 0 unspecified atom stereocenters. The molecule has 24 heteroatoms. The van der Waals surface area contributed by atoms with E-state index in [9.17, 15) is 58.4 Å². The first-order valence-electron chi connectivity index (χ1n) is 5.67. The van der Waals surface area contributed by atoms with Crippen molar-refractivity contribution in [2.45, 2.75) is 36.6 Å². The van der Waals surface area contributed by atoms with Gasteiger partial charge in [-0.2, -0.15) is 0 Å². The van der Waals surface area contributed by atoms with Crippen molar-refractivity contribution in [2.75, 3.05) is 0 Å². The fraction of sp³-hybridized carbons (Fsp3) is 1.00. The SMILES string of the molecule is O=P([O-])([O-])O[C@@H]1[C@@H](O)[C@H](OP(=O)([O-])[O-])[C@@H](OP(=O)([O-])[O-])[C@H](O)[C@@H]1O.[Na+].[Na+].[Na+].[Na+].[Na+].[Na+]. The zero-order chi connectivity index (χ0) is 19.1. The third kappa shape index (κ3) is 18.5. The van der Waals surface area contributed by atoms with Gasteiger partial charge in [0.2, 0.25) is 0 Å². The Morgan fingerprint density at radius 2 is 0.667 bits per heavy atom. The van der Waals surface area contributed by atoms with Crippen molar-refractivity contribution >= 4 is 23.5 Å². The van der Waals surface area contributed by atoms with Gasteiger partial charge in [0.25, 0.3) is 0 Å². The van der Waals surface area contributed by atoms with E-state index in [1.165, 1.54) is 0 Å². The summed E-state index contributed by atoms with van der Waals surface area (Å²) in [6.45, 7) is 0. The van der Waals surface area contributed by atoms with Crippen molar-refractivity contribution in [1.29, 1.82) is 0 Å². The summed E-state index contributed by atoms with van der Waals surface area (Å²) in [4.78, 5) is 63.6. The summed E-state index contributed by atoms with van der Waals surface area (Å²) >= 11 is 0. The third-order valence-electron chi connectivity index (χ3n) is 2.77. The Bertz CT molecular complexity index is 595. The molecule has 0 spiro atoms. The van der Waals surface area contributed by atoms with E-state index in [1.54, 1.807) is 0 Å². The molecule has 0 bridgehead atoms. The maximum atomic E-state index is 10.6. The molecule has 30 heavy (non-hydrogen) atoms. The molecule has 0 amide bonds. The van der Waals surface area contributed by atoms with E-state index in [0.717, 1.165) is 0 Å². The van der Waals surface area contributed by atoms with Crippen LogP contribution in [0.1, 0.15) is 0 Å². The monoisotopic (exact) mass is 552 g/mol. The molecule has 0 aromatic rings. The first-order chi connectivity index (χ1) is 10.5. The second kappa shape index (κ2) is 20.2. The average Bonchev–Trinajstić information content (AvgIpc) is 2.32. The largest absolute Gasteiger partial charge is 1.00 e. The minimum Gasteiger partial charge on any atom is -0.790 e. The Morgan fingerprint density at radius 1 is 0.467 bits per heavy atom. The van der Waals surface area contributed by atoms with Gasteiger partial charge in [-0.3, -0.25) is 0 Å². The summed E-state index contributed by atoms with van der Waals surface area (Å²) in [6.07, 6.45) is -15.7. The van der Waals surface area contributed by atoms with Crippen LogP contribution in [0.15, 0.2) is 0 Å². The maximum absolute atomic E-state index is 10.6. The Balaban J connectivity index is -0.000000240. The molecule has 3 N–H and O–H groups in total. The molecule has 15 nitrogen and oxygen atoms in total. The molecule has 6 atom stereocenters. The van der Waals surface area contributed by atoms with Gasteiger partial charge < -0.3 is 71.9 Å². The molecule has 0 aliphatic heterocycles. The van der Waals surface area contributed by atoms with Crippen molar-refractivity contribution in [3.8, 4) is 0 Å². The van der Waals surface area contributed by atoms with Crippen molar-refractivity contribution in [2.24, 2.45) is 0 Å². The molecule has 1 aliphatic carbocycles. The van der Waals surface area contributed by atoms with Crippen molar-refractivity contribution < 1.29 is 249 Å². The zero-order valence-corrected chi connectivity index (χ0v) is 31.7. The summed E-state index contributed by atoms with van der Waals surface area (Å²) in [5.74, 6) is 0. The second-order valence-electron chi connectivity index (χ2n) is 4.52. The Hall–Kier alpha value is 6.21. The van der Waals surface area contributed by atoms with Crippen LogP contribution >= 0.6 is 23.5 Å². The van der Waals surface area contributed by atoms with Crippen LogP contribution in [0, 0.1) is 0 Å². The number of aliphatic hydroxyl groups is 3. The van der Waals surface area contributed by atoms with Gasteiger partial charge in [0.15, 0.2) is 0 Å². The van der Waals surface area contributed by atoms with Crippen LogP contribution in [-0.2, 0) is 27.3 Å². The predicted molar refractivity (Wildman–Crippen MR) is 55.5 cm³/mol. The van der Waals surface area contributed by atoms with Crippen LogP contribution in [0.2, 0.25) is 0 Å². The quantitative estimate of drug-likeness (QED) is 0.204. The summed E-state index contributed by atoms with van der Waals surface area (Å²) < 4.78 is 43.0. The number of hydrogen-bond donors (Lipinski definition) is 3. The van der Waals surface area contributed by atoms with Crippen molar-refractivity contribution in [3.63, 3.8) is 0 Å². The van der Waals surface area contributed by atoms with Crippen LogP contribution in [0.3, 0.4) is 0 Å². The van der Waals surface area contributed by atoms with E-state index >= 15 is 0 Å². The van der Waals surface area contributed by atoms with Crippen LogP contribution in [0.25, 0.3) is 0 Å². The van der Waals surface area contributed by atoms with Crippen LogP contribution in [0.5, 0.6) is 0 Å². The van der Waals surface area contributed by atoms with Gasteiger partial charge in [0, 0.05) is 0 Å². The van der Waals surface area contributed by atoms with Crippen LogP contribution in [0.4, 0.5) is 0 Å². The van der Waals surface area contributed by atoms with Gasteiger partial charge in [-0.25, -0.2) is 0 Å². The maximum Gasteiger partial charge on any atom is 1.00 e. The molecule has 144 valence electrons. The Kier molecular flexibility index (Phi) is 33.1. The van der Waals surface area contributed by atoms with E-state index in [-0.39, 0.29) is 177 Å². The standard InChI is InChI=1S/C6H15O15P3.6Na/c7-1-2(8)5(20-23(13,14)15)6(21-24(16,17)18)3(9)4(1)19-22(10,11)12;;;;;;/h1-9H,(H2,10,11,12)(H2,13,14,15)(H2,16,17,18);;;;;;/q;6*+1/p-6/t1-,2+,3+,4-,5-,6-;;;;;;/m0....../s1. The molecule has 1 saturated carbocycles. The van der Waals surface area contributed by atoms with E-state index in [1.807, 2.05) is 0 Å². The van der Waals surface area contributed by atoms with Gasteiger partial charge in [-0.15, -0.1) is 0 Å². The summed E-state index contributed by atoms with van der Waals surface area (Å²) in [5.41, 5.74) is 0. The molecule has 1 rings (SSSR count). The number of rotatable bonds is 6. The molecule has 0 heterocycles. The first kappa shape index (κ1) is 49.2. The molecule has 0 saturated heterocycles. The molecular weight excluding hydrogens is 543 g/mol. The predicted octanol–water partition coefficient (Wildman–Crippen LogP) is -25.3. The first-order valence-corrected chi connectivity index (χ1v) is 10.1. The Labute approximate surface area is 303 Å². The smallest absolute Gasteiger partial charge is 0.790 e. The minimum atomic E-state index is -6.01. The van der Waals surface area contributed by atoms with Crippen LogP contribution < -0.4 is 207 Å². The summed E-state index contributed by atoms with van der Waals surface area (Å²) in [7, 11) is -17.9. The molecular formula is C6H9Na6O15P3. The molecule has 1 aliphatic rings. The molecule has 1 fully saturated rings. The van der Waals surface area contributed by atoms with E-state index in [0.29, 0.717) is 0 Å². The van der Waals surface area contributed by atoms with Gasteiger partial charge in [-0.05, 0) is 0 Å². The third-order valence-corrected chi connectivity index (χ3v) is 4.28. The number of aliphatic hydroxyl groups excluding tert-OH is 3. The summed E-state index contributed by atoms with van der Waals surface area (Å²) in [6, 6.07) is 0. The fourth-order valence-corrected chi connectivity index (χ4v) is 3.62. The normalized spacial score (nSPS) is 28.7. The van der Waals surface area contributed by atoms with Crippen molar-refractivity contribution in [3.05, 3.63) is 0 Å². The number of hydrogen-bond acceptors (Lipinski definition) is 15. The number of phosphoric ester groups is 3. The van der Waals surface area contributed by atoms with E-state index < -0.39 is 60.1 Å². The van der Waals surface area contributed by atoms with Gasteiger partial charge in [0.1, 0.15) is 36.6 Å². The Morgan fingerprint density at radius 3 is 0.933 bits per heavy atom. The van der Waals surface area contributed by atoms with Gasteiger partial charge in [-0.1, -0.05) is 0 Å². The topological polar surface area (TPSA) is 278 Å². The van der Waals surface area contributed by atoms with Gasteiger partial charge in [0.05, 0.1) is 23.5 Å². The second-order valence-corrected chi connectivity index (χ2v) is 7.84. The molecule has 0 aromatic heterocycles. The van der Waals surface area contributed by atoms with Gasteiger partial charge >= 0.3 is 177 Å². The molecule has 0 aromatic carbocycles. The van der Waals surface area contributed by atoms with Crippen LogP contribution in [-0.4, -0.2) is 51.9 Å². The van der Waals surface area contributed by atoms with E-state index in [2.05, 4.69) is 13.6 Å². The van der Waals surface area contributed by atoms with E-state index in [4.69, 9.17) is 0 Å². The minimum absolute atomic E-state index is 0. The molecule has 0 radical (unpaired) electrons. The number of phosphoric acid groups is 3. The summed E-state index contributed by atoms with van der Waals surface area (Å²) in [5, 5.41) is 28.9. The zero-order valence-electron chi connectivity index (χ0n) is 17.0. The average molecular weight is 552 g/mol.